The van der Waals surface area contributed by atoms with Gasteiger partial charge >= 0.3 is 5.69 Å². The van der Waals surface area contributed by atoms with Crippen molar-refractivity contribution in [2.24, 2.45) is 0 Å². The van der Waals surface area contributed by atoms with E-state index in [0.29, 0.717) is 11.3 Å². The van der Waals surface area contributed by atoms with E-state index in [2.05, 4.69) is 0 Å². The monoisotopic (exact) mass is 251 g/mol. The van der Waals surface area contributed by atoms with Crippen molar-refractivity contribution in [1.82, 2.24) is 0 Å². The topological polar surface area (TPSA) is 56.3 Å². The summed E-state index contributed by atoms with van der Waals surface area (Å²) in [4.78, 5) is 10.5. The molecule has 3 rings (SSSR count). The maximum atomic E-state index is 11.0. The second-order valence-corrected chi connectivity index (χ2v) is 4.43. The lowest BCUT2D eigenvalue weighted by Gasteiger charge is -1.96. The van der Waals surface area contributed by atoms with Gasteiger partial charge in [0.1, 0.15) is 13.6 Å². The van der Waals surface area contributed by atoms with Crippen molar-refractivity contribution in [3.63, 3.8) is 0 Å². The van der Waals surface area contributed by atoms with E-state index in [9.17, 15) is 10.1 Å². The lowest BCUT2D eigenvalue weighted by molar-refractivity contribution is -0.383. The number of non-ortho nitro benzene ring substituents is 1. The Morgan fingerprint density at radius 2 is 1.84 bits per heavy atom. The number of hydrogen-bond acceptors (Lipinski definition) is 3. The fraction of sp³-hybridized carbons (Fsp3) is 0. The first-order valence-corrected chi connectivity index (χ1v) is 5.89. The standard InChI is InChI=1S/C14H10BNO3/c15-11-6-4-9(5-7-11)13-8-10-2-1-3-12(16(17)18)14(10)19-13/h1-8H,15H2. The van der Waals surface area contributed by atoms with E-state index >= 15 is 0 Å². The first-order chi connectivity index (χ1) is 9.15. The first-order valence-electron chi connectivity index (χ1n) is 5.89. The van der Waals surface area contributed by atoms with Crippen molar-refractivity contribution in [2.45, 2.75) is 0 Å². The van der Waals surface area contributed by atoms with Crippen LogP contribution in [-0.4, -0.2) is 12.8 Å². The molecule has 1 heterocycles. The molecule has 0 aliphatic carbocycles. The molecular formula is C14H10BNO3. The van der Waals surface area contributed by atoms with Crippen LogP contribution in [0.4, 0.5) is 5.69 Å². The third-order valence-electron chi connectivity index (χ3n) is 3.06. The zero-order chi connectivity index (χ0) is 13.4. The van der Waals surface area contributed by atoms with Crippen LogP contribution in [0.1, 0.15) is 0 Å². The molecule has 2 aromatic carbocycles. The average molecular weight is 251 g/mol. The number of benzene rings is 2. The molecule has 3 aromatic rings. The Kier molecular flexibility index (Phi) is 2.60. The predicted octanol–water partition coefficient (Wildman–Crippen LogP) is 2.27. The van der Waals surface area contributed by atoms with Crippen LogP contribution in [0.15, 0.2) is 52.9 Å². The minimum atomic E-state index is -0.426. The van der Waals surface area contributed by atoms with E-state index in [1.807, 2.05) is 44.2 Å². The van der Waals surface area contributed by atoms with Crippen molar-refractivity contribution in [3.05, 3.63) is 58.6 Å². The van der Waals surface area contributed by atoms with Gasteiger partial charge in [0, 0.05) is 17.0 Å². The van der Waals surface area contributed by atoms with Gasteiger partial charge in [0.05, 0.1) is 4.92 Å². The van der Waals surface area contributed by atoms with Crippen molar-refractivity contribution >= 4 is 30.0 Å². The highest BCUT2D eigenvalue weighted by Gasteiger charge is 2.16. The van der Waals surface area contributed by atoms with Crippen LogP contribution in [-0.2, 0) is 0 Å². The molecule has 0 saturated heterocycles. The molecule has 92 valence electrons. The Labute approximate surface area is 110 Å². The van der Waals surface area contributed by atoms with E-state index in [0.717, 1.165) is 16.4 Å². The quantitative estimate of drug-likeness (QED) is 0.398. The minimum Gasteiger partial charge on any atom is -0.449 e. The van der Waals surface area contributed by atoms with E-state index in [1.165, 1.54) is 6.07 Å². The second kappa shape index (κ2) is 4.28. The lowest BCUT2D eigenvalue weighted by atomic mass is 9.95. The number of nitro benzene ring substituents is 1. The highest BCUT2D eigenvalue weighted by Crippen LogP contribution is 2.32. The van der Waals surface area contributed by atoms with Crippen molar-refractivity contribution < 1.29 is 9.34 Å². The summed E-state index contributed by atoms with van der Waals surface area (Å²) in [7, 11) is 2.01. The molecule has 19 heavy (non-hydrogen) atoms. The lowest BCUT2D eigenvalue weighted by Crippen LogP contribution is -1.98. The minimum absolute atomic E-state index is 0.00383. The molecule has 4 nitrogen and oxygen atoms in total. The number of nitrogens with zero attached hydrogens (tertiary/aromatic N) is 1. The smallest absolute Gasteiger partial charge is 0.312 e. The molecule has 0 spiro atoms. The van der Waals surface area contributed by atoms with E-state index in [4.69, 9.17) is 4.42 Å². The van der Waals surface area contributed by atoms with Gasteiger partial charge in [-0.25, -0.2) is 0 Å². The van der Waals surface area contributed by atoms with Gasteiger partial charge in [-0.15, -0.1) is 0 Å². The van der Waals surface area contributed by atoms with Crippen molar-refractivity contribution in [2.75, 3.05) is 0 Å². The summed E-state index contributed by atoms with van der Waals surface area (Å²) >= 11 is 0. The molecule has 0 amide bonds. The Hall–Kier alpha value is -2.56. The average Bonchev–Trinajstić information content (AvgIpc) is 2.82. The number of fused-ring (bicyclic) bond motifs is 1. The Morgan fingerprint density at radius 1 is 1.11 bits per heavy atom. The Morgan fingerprint density at radius 3 is 2.53 bits per heavy atom. The van der Waals surface area contributed by atoms with Crippen LogP contribution in [0.25, 0.3) is 22.3 Å². The number of furan rings is 1. The summed E-state index contributed by atoms with van der Waals surface area (Å²) in [6.07, 6.45) is 0. The third-order valence-corrected chi connectivity index (χ3v) is 3.06. The van der Waals surface area contributed by atoms with Gasteiger partial charge in [-0.3, -0.25) is 10.1 Å². The normalized spacial score (nSPS) is 10.7. The summed E-state index contributed by atoms with van der Waals surface area (Å²) in [5.74, 6) is 0.643. The molecule has 0 bridgehead atoms. The highest BCUT2D eigenvalue weighted by molar-refractivity contribution is 6.32. The van der Waals surface area contributed by atoms with Crippen LogP contribution in [0, 0.1) is 10.1 Å². The molecule has 0 aliphatic rings. The van der Waals surface area contributed by atoms with Crippen molar-refractivity contribution in [3.8, 4) is 11.3 Å². The van der Waals surface area contributed by atoms with Gasteiger partial charge in [0.25, 0.3) is 0 Å². The largest absolute Gasteiger partial charge is 0.449 e. The highest BCUT2D eigenvalue weighted by atomic mass is 16.6. The Balaban J connectivity index is 2.19. The maximum absolute atomic E-state index is 11.0. The molecule has 0 unspecified atom stereocenters. The van der Waals surface area contributed by atoms with Crippen molar-refractivity contribution in [1.29, 1.82) is 0 Å². The van der Waals surface area contributed by atoms with Gasteiger partial charge < -0.3 is 4.42 Å². The molecule has 0 radical (unpaired) electrons. The van der Waals surface area contributed by atoms with E-state index in [-0.39, 0.29) is 5.69 Å². The summed E-state index contributed by atoms with van der Waals surface area (Å²) in [5, 5.41) is 11.7. The molecule has 5 heteroatoms. The van der Waals surface area contributed by atoms with Crippen LogP contribution in [0.5, 0.6) is 0 Å². The van der Waals surface area contributed by atoms with Crippen LogP contribution < -0.4 is 5.46 Å². The van der Waals surface area contributed by atoms with Crippen LogP contribution >= 0.6 is 0 Å². The van der Waals surface area contributed by atoms with Gasteiger partial charge in [-0.1, -0.05) is 41.9 Å². The second-order valence-electron chi connectivity index (χ2n) is 4.43. The first kappa shape index (κ1) is 11.5. The molecule has 0 N–H and O–H groups in total. The fourth-order valence-electron chi connectivity index (χ4n) is 2.05. The fourth-order valence-corrected chi connectivity index (χ4v) is 2.05. The molecule has 1 aromatic heterocycles. The zero-order valence-corrected chi connectivity index (χ0v) is 10.3. The van der Waals surface area contributed by atoms with Gasteiger partial charge in [-0.05, 0) is 6.07 Å². The molecule has 0 fully saturated rings. The number of hydrogen-bond donors (Lipinski definition) is 0. The summed E-state index contributed by atoms with van der Waals surface area (Å²) < 4.78 is 5.64. The number of rotatable bonds is 2. The summed E-state index contributed by atoms with van der Waals surface area (Å²) in [6, 6.07) is 14.6. The zero-order valence-electron chi connectivity index (χ0n) is 10.3. The number of nitro groups is 1. The van der Waals surface area contributed by atoms with Crippen LogP contribution in [0.2, 0.25) is 0 Å². The van der Waals surface area contributed by atoms with E-state index < -0.39 is 4.92 Å². The molecule has 0 saturated carbocycles. The predicted molar refractivity (Wildman–Crippen MR) is 76.5 cm³/mol. The van der Waals surface area contributed by atoms with Gasteiger partial charge in [-0.2, -0.15) is 0 Å². The van der Waals surface area contributed by atoms with Gasteiger partial charge in [0.15, 0.2) is 0 Å². The summed E-state index contributed by atoms with van der Waals surface area (Å²) in [5.41, 5.74) is 2.39. The van der Waals surface area contributed by atoms with Crippen LogP contribution in [0.3, 0.4) is 0 Å². The summed E-state index contributed by atoms with van der Waals surface area (Å²) in [6.45, 7) is 0. The van der Waals surface area contributed by atoms with Gasteiger partial charge in [0.2, 0.25) is 5.58 Å². The molecule has 0 atom stereocenters. The third kappa shape index (κ3) is 1.99. The SMILES string of the molecule is Bc1ccc(-c2cc3cccc([N+](=O)[O-])c3o2)cc1. The molecular weight excluding hydrogens is 241 g/mol. The van der Waals surface area contributed by atoms with E-state index in [1.54, 1.807) is 6.07 Å². The maximum Gasteiger partial charge on any atom is 0.312 e. The Bertz CT molecular complexity index is 762. The number of para-hydroxylation sites is 1. The molecule has 0 aliphatic heterocycles.